The lowest BCUT2D eigenvalue weighted by Gasteiger charge is -2.34. The Labute approximate surface area is 285 Å². The number of thioether (sulfide) groups is 1. The number of hydrogen-bond donors (Lipinski definition) is 6. The molecular formula is C33H49N9O5S. The Hall–Kier alpha value is -3.92. The van der Waals surface area contributed by atoms with Crippen LogP contribution in [0.15, 0.2) is 30.5 Å². The maximum absolute atomic E-state index is 12.3. The molecule has 8 N–H and O–H groups in total. The van der Waals surface area contributed by atoms with Crippen LogP contribution in [0, 0.1) is 6.92 Å². The van der Waals surface area contributed by atoms with Crippen LogP contribution < -0.4 is 22.1 Å². The Bertz CT molecular complexity index is 1540. The van der Waals surface area contributed by atoms with E-state index in [2.05, 4.69) is 67.0 Å². The van der Waals surface area contributed by atoms with Crippen molar-refractivity contribution in [1.82, 2.24) is 29.7 Å². The first-order chi connectivity index (χ1) is 23.0. The van der Waals surface area contributed by atoms with Crippen molar-refractivity contribution in [2.45, 2.75) is 63.9 Å². The van der Waals surface area contributed by atoms with Crippen LogP contribution in [0.5, 0.6) is 0 Å². The number of carboxylic acid groups (broad SMARTS) is 2. The third kappa shape index (κ3) is 10.8. The van der Waals surface area contributed by atoms with E-state index in [0.717, 1.165) is 87.1 Å². The van der Waals surface area contributed by atoms with Gasteiger partial charge in [-0.05, 0) is 36.1 Å². The molecule has 1 aliphatic heterocycles. The molecular weight excluding hydrogens is 634 g/mol. The highest BCUT2D eigenvalue weighted by molar-refractivity contribution is 8.00. The zero-order valence-electron chi connectivity index (χ0n) is 27.9. The van der Waals surface area contributed by atoms with Crippen molar-refractivity contribution in [3.63, 3.8) is 0 Å². The zero-order chi connectivity index (χ0) is 34.6. The van der Waals surface area contributed by atoms with E-state index in [4.69, 9.17) is 16.6 Å². The fraction of sp³-hybridized carbons (Fsp3) is 0.545. The van der Waals surface area contributed by atoms with Gasteiger partial charge in [0.25, 0.3) is 0 Å². The van der Waals surface area contributed by atoms with Gasteiger partial charge in [0.2, 0.25) is 11.9 Å². The van der Waals surface area contributed by atoms with Gasteiger partial charge >= 0.3 is 11.9 Å². The number of aliphatic carboxylic acids is 2. The second-order valence-corrected chi connectivity index (χ2v) is 13.5. The lowest BCUT2D eigenvalue weighted by Crippen LogP contribution is -2.48. The summed E-state index contributed by atoms with van der Waals surface area (Å²) in [5.41, 5.74) is 17.0. The van der Waals surface area contributed by atoms with Crippen LogP contribution in [0.2, 0.25) is 0 Å². The fourth-order valence-corrected chi connectivity index (χ4v) is 6.70. The number of rotatable bonds is 19. The van der Waals surface area contributed by atoms with E-state index in [-0.39, 0.29) is 24.0 Å². The van der Waals surface area contributed by atoms with Gasteiger partial charge in [-0.3, -0.25) is 24.2 Å². The minimum absolute atomic E-state index is 0.0805. The van der Waals surface area contributed by atoms with Crippen molar-refractivity contribution >= 4 is 52.4 Å². The number of carbonyl (C=O) groups is 3. The highest BCUT2D eigenvalue weighted by atomic mass is 32.2. The standard InChI is InChI=1S/C33H49N9O5S/c1-3-4-5-9-37-30-29-26(38-33(35)39-30)8-11-42(29)20-24-7-6-23(17-22(24)2)19-41-15-13-40(14-16-41)12-10-36-28(43)18-27(32(46)47)48-21-25(34)31(44)45/h6-8,11,17,25,27H,3-5,9-10,12-16,18-21,34H2,1-2H3,(H,36,43)(H,44,45)(H,46,47)(H3,35,37,38,39)/t25-,27?/m0/s1. The Balaban J connectivity index is 1.22. The number of nitrogens with one attached hydrogen (secondary N) is 2. The van der Waals surface area contributed by atoms with Crippen molar-refractivity contribution in [2.75, 3.05) is 62.6 Å². The number of nitrogen functional groups attached to an aromatic ring is 1. The predicted molar refractivity (Wildman–Crippen MR) is 189 cm³/mol. The largest absolute Gasteiger partial charge is 0.480 e. The molecule has 2 aromatic heterocycles. The first-order valence-electron chi connectivity index (χ1n) is 16.5. The summed E-state index contributed by atoms with van der Waals surface area (Å²) in [6.07, 6.45) is 5.20. The summed E-state index contributed by atoms with van der Waals surface area (Å²) in [6, 6.07) is 7.48. The summed E-state index contributed by atoms with van der Waals surface area (Å²) >= 11 is 0.869. The maximum Gasteiger partial charge on any atom is 0.321 e. The van der Waals surface area contributed by atoms with E-state index in [1.807, 2.05) is 12.3 Å². The maximum atomic E-state index is 12.3. The van der Waals surface area contributed by atoms with Gasteiger partial charge in [0, 0.05) is 77.3 Å². The molecule has 1 amide bonds. The molecule has 2 atom stereocenters. The number of nitrogens with zero attached hydrogens (tertiary/aromatic N) is 5. The van der Waals surface area contributed by atoms with Crippen molar-refractivity contribution < 1.29 is 24.6 Å². The molecule has 3 aromatic rings. The summed E-state index contributed by atoms with van der Waals surface area (Å²) in [4.78, 5) is 48.4. The summed E-state index contributed by atoms with van der Waals surface area (Å²) in [7, 11) is 0. The van der Waals surface area contributed by atoms with Crippen LogP contribution in [0.4, 0.5) is 11.8 Å². The van der Waals surface area contributed by atoms with Crippen LogP contribution in [0.1, 0.15) is 49.3 Å². The number of hydrogen-bond acceptors (Lipinski definition) is 11. The van der Waals surface area contributed by atoms with Crippen LogP contribution >= 0.6 is 11.8 Å². The number of anilines is 2. The van der Waals surface area contributed by atoms with E-state index < -0.39 is 23.2 Å². The average Bonchev–Trinajstić information content (AvgIpc) is 3.45. The van der Waals surface area contributed by atoms with E-state index in [9.17, 15) is 19.5 Å². The monoisotopic (exact) mass is 683 g/mol. The number of nitrogens with two attached hydrogens (primary N) is 2. The first kappa shape index (κ1) is 36.9. The highest BCUT2D eigenvalue weighted by Crippen LogP contribution is 2.25. The van der Waals surface area contributed by atoms with E-state index >= 15 is 0 Å². The molecule has 0 radical (unpaired) electrons. The lowest BCUT2D eigenvalue weighted by molar-refractivity contribution is -0.139. The predicted octanol–water partition coefficient (Wildman–Crippen LogP) is 2.19. The van der Waals surface area contributed by atoms with Gasteiger partial charge in [-0.15, -0.1) is 11.8 Å². The molecule has 3 heterocycles. The number of piperazine rings is 1. The normalized spacial score (nSPS) is 15.3. The molecule has 0 bridgehead atoms. The fourth-order valence-electron chi connectivity index (χ4n) is 5.71. The van der Waals surface area contributed by atoms with Gasteiger partial charge in [0.1, 0.15) is 16.8 Å². The smallest absolute Gasteiger partial charge is 0.321 e. The number of aromatic nitrogens is 3. The number of benzene rings is 1. The molecule has 1 aromatic carbocycles. The first-order valence-corrected chi connectivity index (χ1v) is 17.6. The lowest BCUT2D eigenvalue weighted by atomic mass is 10.0. The summed E-state index contributed by atoms with van der Waals surface area (Å²) < 4.78 is 2.18. The van der Waals surface area contributed by atoms with Crippen molar-refractivity contribution in [2.24, 2.45) is 5.73 Å². The number of unbranched alkanes of at least 4 members (excludes halogenated alkanes) is 2. The van der Waals surface area contributed by atoms with Gasteiger partial charge in [-0.2, -0.15) is 4.98 Å². The van der Waals surface area contributed by atoms with Gasteiger partial charge in [0.05, 0.1) is 5.52 Å². The molecule has 0 saturated carbocycles. The van der Waals surface area contributed by atoms with Gasteiger partial charge in [-0.1, -0.05) is 38.0 Å². The van der Waals surface area contributed by atoms with Crippen LogP contribution in [-0.2, 0) is 27.5 Å². The summed E-state index contributed by atoms with van der Waals surface area (Å²) in [5.74, 6) is -1.78. The molecule has 1 fully saturated rings. The van der Waals surface area contributed by atoms with Crippen molar-refractivity contribution in [3.05, 3.63) is 47.2 Å². The number of amides is 1. The molecule has 4 rings (SSSR count). The van der Waals surface area contributed by atoms with Gasteiger partial charge < -0.3 is 36.9 Å². The minimum atomic E-state index is -1.20. The number of fused-ring (bicyclic) bond motifs is 1. The molecule has 1 aliphatic rings. The second-order valence-electron chi connectivity index (χ2n) is 12.3. The molecule has 0 aliphatic carbocycles. The molecule has 14 nitrogen and oxygen atoms in total. The Morgan fingerprint density at radius 1 is 1.00 bits per heavy atom. The SMILES string of the molecule is CCCCCNc1nc(N)nc2ccn(Cc3ccc(CN4CCN(CCNC(=O)CC(SC[C@H](N)C(=O)O)C(=O)O)CC4)cc3C)c12. The molecule has 1 saturated heterocycles. The molecule has 48 heavy (non-hydrogen) atoms. The quantitative estimate of drug-likeness (QED) is 0.100. The number of carbonyl (C=O) groups excluding carboxylic acids is 1. The van der Waals surface area contributed by atoms with Crippen molar-refractivity contribution in [1.29, 1.82) is 0 Å². The summed E-state index contributed by atoms with van der Waals surface area (Å²) in [6.45, 7) is 11.4. The van der Waals surface area contributed by atoms with E-state index in [0.29, 0.717) is 19.6 Å². The topological polar surface area (TPSA) is 205 Å². The third-order valence-corrected chi connectivity index (χ3v) is 9.83. The number of carboxylic acids is 2. The summed E-state index contributed by atoms with van der Waals surface area (Å²) in [5, 5.41) is 23.5. The van der Waals surface area contributed by atoms with Crippen LogP contribution in [0.25, 0.3) is 11.0 Å². The van der Waals surface area contributed by atoms with Crippen LogP contribution in [0.3, 0.4) is 0 Å². The zero-order valence-corrected chi connectivity index (χ0v) is 28.7. The van der Waals surface area contributed by atoms with Gasteiger partial charge in [0.15, 0.2) is 5.82 Å². The van der Waals surface area contributed by atoms with E-state index in [1.165, 1.54) is 16.7 Å². The van der Waals surface area contributed by atoms with Crippen molar-refractivity contribution in [3.8, 4) is 0 Å². The Morgan fingerprint density at radius 3 is 2.44 bits per heavy atom. The number of aryl methyl sites for hydroxylation is 1. The average molecular weight is 684 g/mol. The third-order valence-electron chi connectivity index (χ3n) is 8.51. The van der Waals surface area contributed by atoms with Gasteiger partial charge in [-0.25, -0.2) is 4.98 Å². The second kappa shape index (κ2) is 18.0. The minimum Gasteiger partial charge on any atom is -0.480 e. The van der Waals surface area contributed by atoms with Crippen LogP contribution in [-0.4, -0.2) is 115 Å². The Morgan fingerprint density at radius 2 is 1.75 bits per heavy atom. The molecule has 15 heteroatoms. The highest BCUT2D eigenvalue weighted by Gasteiger charge is 2.25. The van der Waals surface area contributed by atoms with E-state index in [1.54, 1.807) is 0 Å². The molecule has 262 valence electrons. The molecule has 1 unspecified atom stereocenters. The Kier molecular flexibility index (Phi) is 13.8. The molecule has 0 spiro atoms.